The second-order valence-corrected chi connectivity index (χ2v) is 12.5. The molecule has 0 spiro atoms. The number of amides is 3. The average Bonchev–Trinajstić information content (AvgIpc) is 3.14. The smallest absolute Gasteiger partial charge is 0.243 e. The maximum Gasteiger partial charge on any atom is 0.243 e. The highest BCUT2D eigenvalue weighted by atomic mass is 16.3. The molecule has 8 atom stereocenters. The summed E-state index contributed by atoms with van der Waals surface area (Å²) in [6.07, 6.45) is -1.30. The third-order valence-corrected chi connectivity index (χ3v) is 8.27. The molecule has 1 aromatic rings. The van der Waals surface area contributed by atoms with Gasteiger partial charge in [-0.05, 0) is 44.6 Å². The standard InChI is InChI=1S/C33H50N8O12/c1-18(46)27-31(51)29(49)22(39-38-20(14-42)15-43)10-11-26(47)35-12-6-5-9-23(36-33(53)25(17-45)40-41-27)32(52)37-24(16-44)30(50)28(48)21(34)13-19-7-3-2-4-8-19/h2-4,7-8,14,18,20-25,27,38-41,43-46H,5-6,9-13,15-17,34H2,1H3,(H,35,47)(H,36,53)(H,37,52)/t18-,20-,21+,22?,23?,24+,25+,27+/m1/s1. The Morgan fingerprint density at radius 3 is 2.26 bits per heavy atom. The lowest BCUT2D eigenvalue weighted by molar-refractivity contribution is -0.141. The zero-order chi connectivity index (χ0) is 39.5. The van der Waals surface area contributed by atoms with E-state index in [0.29, 0.717) is 11.8 Å². The molecule has 0 radical (unpaired) electrons. The van der Waals surface area contributed by atoms with E-state index < -0.39 is 109 Å². The van der Waals surface area contributed by atoms with Gasteiger partial charge >= 0.3 is 0 Å². The van der Waals surface area contributed by atoms with Crippen molar-refractivity contribution in [1.82, 2.24) is 37.7 Å². The predicted molar refractivity (Wildman–Crippen MR) is 185 cm³/mol. The maximum absolute atomic E-state index is 13.4. The van der Waals surface area contributed by atoms with Gasteiger partial charge in [0.25, 0.3) is 0 Å². The molecular formula is C33H50N8O12. The number of carbonyl (C=O) groups excluding carboxylic acids is 8. The third-order valence-electron chi connectivity index (χ3n) is 8.27. The van der Waals surface area contributed by atoms with Crippen molar-refractivity contribution in [3.8, 4) is 0 Å². The van der Waals surface area contributed by atoms with E-state index in [-0.39, 0.29) is 45.1 Å². The average molecular weight is 751 g/mol. The second kappa shape index (κ2) is 23.3. The summed E-state index contributed by atoms with van der Waals surface area (Å²) in [7, 11) is 0. The van der Waals surface area contributed by atoms with E-state index in [0.717, 1.165) is 6.92 Å². The fourth-order valence-electron chi connectivity index (χ4n) is 5.10. The normalized spacial score (nSPS) is 23.6. The Bertz CT molecular complexity index is 1420. The number of nitrogens with two attached hydrogens (primary N) is 1. The summed E-state index contributed by atoms with van der Waals surface area (Å²) in [4.78, 5) is 103. The Morgan fingerprint density at radius 2 is 1.66 bits per heavy atom. The van der Waals surface area contributed by atoms with Crippen molar-refractivity contribution in [1.29, 1.82) is 0 Å². The molecule has 3 amide bonds. The highest BCUT2D eigenvalue weighted by Gasteiger charge is 2.36. The van der Waals surface area contributed by atoms with Gasteiger partial charge in [-0.2, -0.15) is 0 Å². The van der Waals surface area contributed by atoms with Crippen molar-refractivity contribution in [3.05, 3.63) is 35.9 Å². The number of ketones is 4. The van der Waals surface area contributed by atoms with Gasteiger partial charge in [-0.1, -0.05) is 30.3 Å². The topological polar surface area (TPSA) is 328 Å². The van der Waals surface area contributed by atoms with E-state index in [1.165, 1.54) is 0 Å². The molecule has 0 aromatic heterocycles. The van der Waals surface area contributed by atoms with Crippen LogP contribution in [0, 0.1) is 0 Å². The summed E-state index contributed by atoms with van der Waals surface area (Å²) in [6, 6.07) is -1.56. The number of aliphatic hydroxyl groups excluding tert-OH is 4. The summed E-state index contributed by atoms with van der Waals surface area (Å²) in [5.74, 6) is -7.04. The summed E-state index contributed by atoms with van der Waals surface area (Å²) in [6.45, 7) is -1.29. The molecule has 0 bridgehead atoms. The number of hydrazine groups is 2. The molecule has 1 heterocycles. The monoisotopic (exact) mass is 750 g/mol. The summed E-state index contributed by atoms with van der Waals surface area (Å²) < 4.78 is 0. The second-order valence-electron chi connectivity index (χ2n) is 12.5. The molecular weight excluding hydrogens is 700 g/mol. The molecule has 13 N–H and O–H groups in total. The van der Waals surface area contributed by atoms with Crippen molar-refractivity contribution in [2.75, 3.05) is 26.4 Å². The number of hydrogen-bond acceptors (Lipinski definition) is 17. The predicted octanol–water partition coefficient (Wildman–Crippen LogP) is -5.90. The van der Waals surface area contributed by atoms with E-state index in [1.54, 1.807) is 30.3 Å². The SMILES string of the molecule is C[C@@H](O)[C@@H]1NN[C@@H](CO)C(=O)NC(C(=O)N[C@@H](CO)C(=O)C(=O)[C@@H](N)Cc2ccccc2)CCCCNC(=O)CCC(NN[C@H](C=O)CO)C(=O)C1=O. The van der Waals surface area contributed by atoms with Crippen molar-refractivity contribution >= 4 is 47.1 Å². The minimum Gasteiger partial charge on any atom is -0.394 e. The number of aliphatic hydroxyl groups is 4. The third kappa shape index (κ3) is 14.5. The van der Waals surface area contributed by atoms with Crippen LogP contribution in [0.3, 0.4) is 0 Å². The van der Waals surface area contributed by atoms with Gasteiger partial charge in [0, 0.05) is 13.0 Å². The van der Waals surface area contributed by atoms with E-state index in [2.05, 4.69) is 37.7 Å². The minimum absolute atomic E-state index is 0.0209. The van der Waals surface area contributed by atoms with Crippen LogP contribution in [-0.2, 0) is 44.8 Å². The number of hydrogen-bond donors (Lipinski definition) is 12. The largest absolute Gasteiger partial charge is 0.394 e. The molecule has 0 aliphatic carbocycles. The Kier molecular flexibility index (Phi) is 19.7. The molecule has 1 aliphatic rings. The van der Waals surface area contributed by atoms with Crippen LogP contribution in [0.25, 0.3) is 0 Å². The molecule has 1 saturated heterocycles. The van der Waals surface area contributed by atoms with Crippen molar-refractivity contribution in [2.24, 2.45) is 5.73 Å². The number of carbonyl (C=O) groups is 8. The van der Waals surface area contributed by atoms with Crippen LogP contribution in [0.15, 0.2) is 30.3 Å². The number of Topliss-reactive ketones (excluding diaryl/α,β-unsaturated/α-hetero) is 4. The summed E-state index contributed by atoms with van der Waals surface area (Å²) in [5, 5.41) is 46.8. The van der Waals surface area contributed by atoms with Gasteiger partial charge in [-0.25, -0.2) is 21.7 Å². The van der Waals surface area contributed by atoms with Gasteiger partial charge in [0.05, 0.1) is 44.1 Å². The van der Waals surface area contributed by atoms with E-state index >= 15 is 0 Å². The number of nitrogens with one attached hydrogen (secondary N) is 7. The number of benzene rings is 1. The molecule has 2 rings (SSSR count). The molecule has 294 valence electrons. The fraction of sp³-hybridized carbons (Fsp3) is 0.576. The van der Waals surface area contributed by atoms with Gasteiger partial charge in [-0.15, -0.1) is 0 Å². The Morgan fingerprint density at radius 1 is 0.962 bits per heavy atom. The van der Waals surface area contributed by atoms with Crippen LogP contribution in [0.1, 0.15) is 44.6 Å². The van der Waals surface area contributed by atoms with Crippen LogP contribution in [0.2, 0.25) is 0 Å². The first-order valence-electron chi connectivity index (χ1n) is 17.1. The van der Waals surface area contributed by atoms with Gasteiger partial charge < -0.3 is 46.9 Å². The van der Waals surface area contributed by atoms with Crippen LogP contribution in [-0.4, -0.2) is 142 Å². The minimum atomic E-state index is -1.71. The molecule has 53 heavy (non-hydrogen) atoms. The number of aldehydes is 1. The highest BCUT2D eigenvalue weighted by Crippen LogP contribution is 2.08. The lowest BCUT2D eigenvalue weighted by Gasteiger charge is -2.27. The first kappa shape index (κ1) is 44.8. The molecule has 2 unspecified atom stereocenters. The molecule has 1 fully saturated rings. The Labute approximate surface area is 305 Å². The van der Waals surface area contributed by atoms with Crippen molar-refractivity contribution < 1.29 is 58.8 Å². The van der Waals surface area contributed by atoms with E-state index in [9.17, 15) is 58.8 Å². The zero-order valence-electron chi connectivity index (χ0n) is 29.3. The fourth-order valence-corrected chi connectivity index (χ4v) is 5.10. The lowest BCUT2D eigenvalue weighted by atomic mass is 9.97. The van der Waals surface area contributed by atoms with Gasteiger partial charge in [-0.3, -0.25) is 33.6 Å². The van der Waals surface area contributed by atoms with Crippen LogP contribution < -0.4 is 43.4 Å². The molecule has 20 heteroatoms. The van der Waals surface area contributed by atoms with E-state index in [1.807, 2.05) is 0 Å². The highest BCUT2D eigenvalue weighted by molar-refractivity contribution is 6.41. The van der Waals surface area contributed by atoms with Crippen molar-refractivity contribution in [3.63, 3.8) is 0 Å². The first-order chi connectivity index (χ1) is 25.3. The van der Waals surface area contributed by atoms with Gasteiger partial charge in [0.2, 0.25) is 40.9 Å². The zero-order valence-corrected chi connectivity index (χ0v) is 29.3. The number of rotatable bonds is 15. The molecule has 1 aromatic carbocycles. The molecule has 1 aliphatic heterocycles. The molecule has 20 nitrogen and oxygen atoms in total. The van der Waals surface area contributed by atoms with Crippen LogP contribution in [0.4, 0.5) is 0 Å². The quantitative estimate of drug-likeness (QED) is 0.0451. The lowest BCUT2D eigenvalue weighted by Crippen LogP contribution is -2.63. The van der Waals surface area contributed by atoms with Crippen LogP contribution >= 0.6 is 0 Å². The van der Waals surface area contributed by atoms with Gasteiger partial charge in [0.15, 0.2) is 0 Å². The Hall–Kier alpha value is -4.38. The molecule has 0 saturated carbocycles. The maximum atomic E-state index is 13.4. The van der Waals surface area contributed by atoms with E-state index in [4.69, 9.17) is 5.73 Å². The summed E-state index contributed by atoms with van der Waals surface area (Å²) >= 11 is 0. The first-order valence-corrected chi connectivity index (χ1v) is 17.1. The van der Waals surface area contributed by atoms with Crippen LogP contribution in [0.5, 0.6) is 0 Å². The van der Waals surface area contributed by atoms with Gasteiger partial charge in [0.1, 0.15) is 30.5 Å². The van der Waals surface area contributed by atoms with Crippen molar-refractivity contribution in [2.45, 2.75) is 93.8 Å². The summed E-state index contributed by atoms with van der Waals surface area (Å²) in [5.41, 5.74) is 16.2. The Balaban J connectivity index is 2.25.